The number of rotatable bonds is 2. The number of carbonyl (C=O) groups excluding carboxylic acids is 1. The molecule has 5 heteroatoms. The summed E-state index contributed by atoms with van der Waals surface area (Å²) in [5, 5.41) is 0.642. The van der Waals surface area contributed by atoms with Crippen molar-refractivity contribution in [3.63, 3.8) is 0 Å². The van der Waals surface area contributed by atoms with Gasteiger partial charge in [-0.05, 0) is 68.7 Å². The number of amides is 1. The molecule has 4 nitrogen and oxygen atoms in total. The van der Waals surface area contributed by atoms with E-state index in [0.29, 0.717) is 23.9 Å². The number of halogens is 1. The van der Waals surface area contributed by atoms with Gasteiger partial charge in [-0.15, -0.1) is 0 Å². The van der Waals surface area contributed by atoms with Crippen LogP contribution in [0.1, 0.15) is 31.9 Å². The molecule has 25 heavy (non-hydrogen) atoms. The average molecular weight is 360 g/mol. The van der Waals surface area contributed by atoms with Gasteiger partial charge in [0.1, 0.15) is 17.1 Å². The largest absolute Gasteiger partial charge is 0.457 e. The van der Waals surface area contributed by atoms with Crippen LogP contribution in [0.4, 0.5) is 4.79 Å². The highest BCUT2D eigenvalue weighted by Gasteiger charge is 2.25. The zero-order chi connectivity index (χ0) is 18.0. The van der Waals surface area contributed by atoms with E-state index in [1.54, 1.807) is 11.0 Å². The van der Waals surface area contributed by atoms with E-state index >= 15 is 0 Å². The van der Waals surface area contributed by atoms with E-state index in [2.05, 4.69) is 0 Å². The molecule has 0 bridgehead atoms. The molecule has 0 saturated heterocycles. The lowest BCUT2D eigenvalue weighted by Gasteiger charge is -2.31. The normalized spacial score (nSPS) is 14.0. The molecule has 0 radical (unpaired) electrons. The standard InChI is InChI=1S/C20H22ClNO3/c1-20(2,3)25-19(23)22-10-9-14-11-18(8-7-15(14)13-22)24-17-6-4-5-16(21)12-17/h4-8,11-12H,9-10,13H2,1-3H3. The fourth-order valence-corrected chi connectivity index (χ4v) is 2.92. The van der Waals surface area contributed by atoms with Crippen molar-refractivity contribution in [2.24, 2.45) is 0 Å². The highest BCUT2D eigenvalue weighted by atomic mass is 35.5. The van der Waals surface area contributed by atoms with Gasteiger partial charge < -0.3 is 14.4 Å². The Morgan fingerprint density at radius 2 is 1.84 bits per heavy atom. The van der Waals surface area contributed by atoms with Gasteiger partial charge in [0, 0.05) is 18.1 Å². The lowest BCUT2D eigenvalue weighted by molar-refractivity contribution is 0.0224. The van der Waals surface area contributed by atoms with Crippen LogP contribution in [0.5, 0.6) is 11.5 Å². The Bertz CT molecular complexity index is 783. The predicted molar refractivity (Wildman–Crippen MR) is 98.3 cm³/mol. The number of ether oxygens (including phenoxy) is 2. The topological polar surface area (TPSA) is 38.8 Å². The van der Waals surface area contributed by atoms with Crippen LogP contribution in [0, 0.1) is 0 Å². The average Bonchev–Trinajstić information content (AvgIpc) is 2.53. The molecule has 0 fully saturated rings. The van der Waals surface area contributed by atoms with Gasteiger partial charge in [-0.1, -0.05) is 23.7 Å². The quantitative estimate of drug-likeness (QED) is 0.718. The van der Waals surface area contributed by atoms with E-state index in [-0.39, 0.29) is 6.09 Å². The number of fused-ring (bicyclic) bond motifs is 1. The summed E-state index contributed by atoms with van der Waals surface area (Å²) in [5.74, 6) is 1.48. The number of carbonyl (C=O) groups is 1. The van der Waals surface area contributed by atoms with Crippen molar-refractivity contribution in [2.75, 3.05) is 6.54 Å². The van der Waals surface area contributed by atoms with Crippen molar-refractivity contribution in [1.29, 1.82) is 0 Å². The van der Waals surface area contributed by atoms with E-state index in [0.717, 1.165) is 17.7 Å². The van der Waals surface area contributed by atoms with Crippen molar-refractivity contribution in [3.8, 4) is 11.5 Å². The lowest BCUT2D eigenvalue weighted by Crippen LogP contribution is -2.39. The summed E-state index contributed by atoms with van der Waals surface area (Å²) in [5.41, 5.74) is 1.83. The Morgan fingerprint density at radius 1 is 1.08 bits per heavy atom. The summed E-state index contributed by atoms with van der Waals surface area (Å²) < 4.78 is 11.3. The van der Waals surface area contributed by atoms with Gasteiger partial charge in [0.05, 0.1) is 0 Å². The fourth-order valence-electron chi connectivity index (χ4n) is 2.74. The SMILES string of the molecule is CC(C)(C)OC(=O)N1CCc2cc(Oc3cccc(Cl)c3)ccc2C1. The second-order valence-corrected chi connectivity index (χ2v) is 7.58. The van der Waals surface area contributed by atoms with Gasteiger partial charge in [-0.25, -0.2) is 4.79 Å². The van der Waals surface area contributed by atoms with Crippen LogP contribution >= 0.6 is 11.6 Å². The van der Waals surface area contributed by atoms with Crippen LogP contribution in [-0.4, -0.2) is 23.1 Å². The molecule has 1 amide bonds. The molecule has 2 aromatic rings. The smallest absolute Gasteiger partial charge is 0.410 e. The summed E-state index contributed by atoms with van der Waals surface area (Å²) in [4.78, 5) is 14.0. The summed E-state index contributed by atoms with van der Waals surface area (Å²) in [6.07, 6.45) is 0.513. The van der Waals surface area contributed by atoms with Gasteiger partial charge >= 0.3 is 6.09 Å². The maximum atomic E-state index is 12.2. The molecule has 1 aliphatic rings. The Hall–Kier alpha value is -2.20. The second-order valence-electron chi connectivity index (χ2n) is 7.14. The first-order valence-electron chi connectivity index (χ1n) is 8.33. The Balaban J connectivity index is 1.70. The van der Waals surface area contributed by atoms with Crippen molar-refractivity contribution in [2.45, 2.75) is 39.3 Å². The molecule has 1 aliphatic heterocycles. The van der Waals surface area contributed by atoms with Gasteiger partial charge in [0.25, 0.3) is 0 Å². The van der Waals surface area contributed by atoms with Gasteiger partial charge in [0.15, 0.2) is 0 Å². The third-order valence-corrected chi connectivity index (χ3v) is 4.11. The molecule has 0 saturated carbocycles. The van der Waals surface area contributed by atoms with Crippen LogP contribution in [0.15, 0.2) is 42.5 Å². The minimum Gasteiger partial charge on any atom is -0.457 e. The van der Waals surface area contributed by atoms with Crippen molar-refractivity contribution in [1.82, 2.24) is 4.90 Å². The zero-order valence-electron chi connectivity index (χ0n) is 14.7. The molecule has 0 unspecified atom stereocenters. The summed E-state index contributed by atoms with van der Waals surface area (Å²) in [6.45, 7) is 6.83. The van der Waals surface area contributed by atoms with Gasteiger partial charge in [0.2, 0.25) is 0 Å². The highest BCUT2D eigenvalue weighted by molar-refractivity contribution is 6.30. The molecule has 0 N–H and O–H groups in total. The third kappa shape index (κ3) is 4.67. The minimum atomic E-state index is -0.480. The zero-order valence-corrected chi connectivity index (χ0v) is 15.5. The molecule has 3 rings (SSSR count). The highest BCUT2D eigenvalue weighted by Crippen LogP contribution is 2.29. The number of hydrogen-bond donors (Lipinski definition) is 0. The molecule has 2 aromatic carbocycles. The van der Waals surface area contributed by atoms with E-state index in [4.69, 9.17) is 21.1 Å². The molecule has 0 spiro atoms. The van der Waals surface area contributed by atoms with Gasteiger partial charge in [-0.2, -0.15) is 0 Å². The Morgan fingerprint density at radius 3 is 2.56 bits per heavy atom. The van der Waals surface area contributed by atoms with E-state index in [1.807, 2.05) is 57.2 Å². The van der Waals surface area contributed by atoms with Crippen molar-refractivity contribution >= 4 is 17.7 Å². The molecule has 0 aromatic heterocycles. The maximum absolute atomic E-state index is 12.2. The molecule has 132 valence electrons. The number of nitrogens with zero attached hydrogens (tertiary/aromatic N) is 1. The van der Waals surface area contributed by atoms with Crippen molar-refractivity contribution in [3.05, 3.63) is 58.6 Å². The van der Waals surface area contributed by atoms with Crippen LogP contribution in [0.3, 0.4) is 0 Å². The van der Waals surface area contributed by atoms with E-state index in [1.165, 1.54) is 5.56 Å². The van der Waals surface area contributed by atoms with E-state index in [9.17, 15) is 4.79 Å². The Kier molecular flexibility index (Phi) is 4.91. The van der Waals surface area contributed by atoms with E-state index < -0.39 is 5.60 Å². The monoisotopic (exact) mass is 359 g/mol. The van der Waals surface area contributed by atoms with Crippen LogP contribution < -0.4 is 4.74 Å². The summed E-state index contributed by atoms with van der Waals surface area (Å²) in [6, 6.07) is 13.3. The summed E-state index contributed by atoms with van der Waals surface area (Å²) >= 11 is 5.99. The minimum absolute atomic E-state index is 0.266. The number of hydrogen-bond acceptors (Lipinski definition) is 3. The first kappa shape index (κ1) is 17.6. The predicted octanol–water partition coefficient (Wildman–Crippen LogP) is 5.43. The summed E-state index contributed by atoms with van der Waals surface area (Å²) in [7, 11) is 0. The van der Waals surface area contributed by atoms with Crippen molar-refractivity contribution < 1.29 is 14.3 Å². The Labute approximate surface area is 153 Å². The molecular formula is C20H22ClNO3. The van der Waals surface area contributed by atoms with Crippen LogP contribution in [0.25, 0.3) is 0 Å². The molecule has 0 aliphatic carbocycles. The number of benzene rings is 2. The lowest BCUT2D eigenvalue weighted by atomic mass is 10.00. The molecule has 1 heterocycles. The first-order valence-corrected chi connectivity index (χ1v) is 8.71. The molecular weight excluding hydrogens is 338 g/mol. The van der Waals surface area contributed by atoms with Gasteiger partial charge in [-0.3, -0.25) is 0 Å². The molecule has 0 atom stereocenters. The first-order chi connectivity index (χ1) is 11.8. The van der Waals surface area contributed by atoms with Crippen LogP contribution in [0.2, 0.25) is 5.02 Å². The fraction of sp³-hybridized carbons (Fsp3) is 0.350. The second kappa shape index (κ2) is 6.96. The third-order valence-electron chi connectivity index (χ3n) is 3.87. The van der Waals surface area contributed by atoms with Crippen LogP contribution in [-0.2, 0) is 17.7 Å². The maximum Gasteiger partial charge on any atom is 0.410 e.